The number of hydrogen-bond donors (Lipinski definition) is 1. The van der Waals surface area contributed by atoms with Crippen LogP contribution in [0.4, 0.5) is 0 Å². The minimum Gasteiger partial charge on any atom is -0.486 e. The Kier molecular flexibility index (Phi) is 4.24. The Labute approximate surface area is 151 Å². The maximum Gasteiger partial charge on any atom is 0.240 e. The first kappa shape index (κ1) is 16.4. The van der Waals surface area contributed by atoms with E-state index in [4.69, 9.17) is 9.47 Å². The molecule has 6 nitrogen and oxygen atoms in total. The first-order chi connectivity index (χ1) is 12.6. The van der Waals surface area contributed by atoms with Gasteiger partial charge in [0.25, 0.3) is 0 Å². The van der Waals surface area contributed by atoms with E-state index in [1.165, 1.54) is 0 Å². The van der Waals surface area contributed by atoms with Gasteiger partial charge < -0.3 is 19.4 Å². The monoisotopic (exact) mass is 351 g/mol. The molecule has 0 spiro atoms. The molecule has 1 atom stereocenters. The summed E-state index contributed by atoms with van der Waals surface area (Å²) in [5.41, 5.74) is 2.75. The molecule has 1 N–H and O–H groups in total. The van der Waals surface area contributed by atoms with Crippen LogP contribution in [-0.4, -0.2) is 28.7 Å². The van der Waals surface area contributed by atoms with E-state index in [1.54, 1.807) is 0 Å². The predicted molar refractivity (Wildman–Crippen MR) is 98.5 cm³/mol. The summed E-state index contributed by atoms with van der Waals surface area (Å²) >= 11 is 0. The Bertz CT molecular complexity index is 950. The number of aryl methyl sites for hydroxylation is 1. The molecule has 1 amide bonds. The van der Waals surface area contributed by atoms with Crippen LogP contribution in [0.3, 0.4) is 0 Å². The summed E-state index contributed by atoms with van der Waals surface area (Å²) in [6.07, 6.45) is 0. The van der Waals surface area contributed by atoms with Crippen molar-refractivity contribution in [2.75, 3.05) is 13.2 Å². The van der Waals surface area contributed by atoms with E-state index >= 15 is 0 Å². The lowest BCUT2D eigenvalue weighted by atomic mass is 10.1. The van der Waals surface area contributed by atoms with Crippen LogP contribution in [0.2, 0.25) is 0 Å². The number of nitrogens with one attached hydrogen (secondary N) is 1. The van der Waals surface area contributed by atoms with Crippen molar-refractivity contribution in [1.82, 2.24) is 14.9 Å². The van der Waals surface area contributed by atoms with E-state index in [1.807, 2.05) is 60.9 Å². The van der Waals surface area contributed by atoms with Gasteiger partial charge in [-0.15, -0.1) is 0 Å². The van der Waals surface area contributed by atoms with Gasteiger partial charge in [0.2, 0.25) is 5.91 Å². The highest BCUT2D eigenvalue weighted by molar-refractivity contribution is 5.84. The summed E-state index contributed by atoms with van der Waals surface area (Å²) in [5.74, 6) is 2.13. The van der Waals surface area contributed by atoms with Gasteiger partial charge in [0, 0.05) is 12.1 Å². The Balaban J connectivity index is 1.56. The van der Waals surface area contributed by atoms with E-state index in [-0.39, 0.29) is 18.5 Å². The number of carbonyl (C=O) groups excluding carboxylic acids is 1. The molecule has 1 aliphatic heterocycles. The fourth-order valence-corrected chi connectivity index (χ4v) is 3.24. The molecule has 0 fully saturated rings. The number of benzene rings is 2. The summed E-state index contributed by atoms with van der Waals surface area (Å²) in [4.78, 5) is 17.1. The number of imidazole rings is 1. The van der Waals surface area contributed by atoms with Crippen molar-refractivity contribution in [3.05, 3.63) is 53.9 Å². The highest BCUT2D eigenvalue weighted by Crippen LogP contribution is 2.34. The fraction of sp³-hybridized carbons (Fsp3) is 0.300. The average Bonchev–Trinajstić information content (AvgIpc) is 2.95. The summed E-state index contributed by atoms with van der Waals surface area (Å²) in [5, 5.41) is 3.05. The van der Waals surface area contributed by atoms with Crippen LogP contribution >= 0.6 is 0 Å². The van der Waals surface area contributed by atoms with Crippen LogP contribution in [0.15, 0.2) is 42.5 Å². The fourth-order valence-electron chi connectivity index (χ4n) is 3.24. The van der Waals surface area contributed by atoms with Crippen molar-refractivity contribution in [3.63, 3.8) is 0 Å². The SMILES string of the molecule is Cc1nc2cc3c(cc2n1CC(=O)N[C@@H](C)c1ccccc1)OCCO3. The van der Waals surface area contributed by atoms with Crippen LogP contribution in [0.25, 0.3) is 11.0 Å². The van der Waals surface area contributed by atoms with Crippen molar-refractivity contribution in [2.24, 2.45) is 0 Å². The Hall–Kier alpha value is -3.02. The van der Waals surface area contributed by atoms with Crippen LogP contribution in [-0.2, 0) is 11.3 Å². The minimum absolute atomic E-state index is 0.0525. The number of amides is 1. The third-order valence-corrected chi connectivity index (χ3v) is 4.58. The van der Waals surface area contributed by atoms with Gasteiger partial charge in [0.05, 0.1) is 17.1 Å². The van der Waals surface area contributed by atoms with Gasteiger partial charge in [0.1, 0.15) is 25.6 Å². The molecular weight excluding hydrogens is 330 g/mol. The molecule has 0 saturated carbocycles. The molecular formula is C20H21N3O3. The van der Waals surface area contributed by atoms with Crippen molar-refractivity contribution in [2.45, 2.75) is 26.4 Å². The van der Waals surface area contributed by atoms with Crippen molar-refractivity contribution in [1.29, 1.82) is 0 Å². The summed E-state index contributed by atoms with van der Waals surface area (Å²) in [6, 6.07) is 13.6. The molecule has 0 radical (unpaired) electrons. The topological polar surface area (TPSA) is 65.4 Å². The normalized spacial score (nSPS) is 14.2. The van der Waals surface area contributed by atoms with Gasteiger partial charge >= 0.3 is 0 Å². The Morgan fingerprint density at radius 1 is 1.19 bits per heavy atom. The van der Waals surface area contributed by atoms with Gasteiger partial charge in [-0.1, -0.05) is 30.3 Å². The van der Waals surface area contributed by atoms with Crippen LogP contribution in [0, 0.1) is 6.92 Å². The quantitative estimate of drug-likeness (QED) is 0.785. The first-order valence-electron chi connectivity index (χ1n) is 8.72. The third-order valence-electron chi connectivity index (χ3n) is 4.58. The summed E-state index contributed by atoms with van der Waals surface area (Å²) < 4.78 is 13.2. The van der Waals surface area contributed by atoms with Crippen LogP contribution in [0.1, 0.15) is 24.4 Å². The lowest BCUT2D eigenvalue weighted by molar-refractivity contribution is -0.122. The van der Waals surface area contributed by atoms with Gasteiger partial charge in [0.15, 0.2) is 11.5 Å². The number of nitrogens with zero attached hydrogens (tertiary/aromatic N) is 2. The molecule has 4 rings (SSSR count). The minimum atomic E-state index is -0.0568. The smallest absolute Gasteiger partial charge is 0.240 e. The van der Waals surface area contributed by atoms with Gasteiger partial charge in [-0.25, -0.2) is 4.98 Å². The number of hydrogen-bond acceptors (Lipinski definition) is 4. The molecule has 0 bridgehead atoms. The Morgan fingerprint density at radius 2 is 1.88 bits per heavy atom. The van der Waals surface area contributed by atoms with E-state index < -0.39 is 0 Å². The second kappa shape index (κ2) is 6.71. The molecule has 2 heterocycles. The molecule has 1 aromatic heterocycles. The molecule has 26 heavy (non-hydrogen) atoms. The average molecular weight is 351 g/mol. The zero-order valence-corrected chi connectivity index (χ0v) is 14.9. The van der Waals surface area contributed by atoms with E-state index in [0.29, 0.717) is 24.7 Å². The number of rotatable bonds is 4. The largest absolute Gasteiger partial charge is 0.486 e. The first-order valence-corrected chi connectivity index (χ1v) is 8.72. The van der Waals surface area contributed by atoms with E-state index in [9.17, 15) is 4.79 Å². The number of aromatic nitrogens is 2. The molecule has 3 aromatic rings. The lowest BCUT2D eigenvalue weighted by Crippen LogP contribution is -2.30. The molecule has 6 heteroatoms. The highest BCUT2D eigenvalue weighted by Gasteiger charge is 2.18. The molecule has 1 aliphatic rings. The standard InChI is InChI=1S/C20H21N3O3/c1-13(15-6-4-3-5-7-15)21-20(24)12-23-14(2)22-16-10-18-19(11-17(16)23)26-9-8-25-18/h3-7,10-11,13H,8-9,12H2,1-2H3,(H,21,24)/t13-/m0/s1. The molecule has 0 saturated heterocycles. The summed E-state index contributed by atoms with van der Waals surface area (Å²) in [6.45, 7) is 5.15. The molecule has 0 aliphatic carbocycles. The van der Waals surface area contributed by atoms with Crippen molar-refractivity contribution >= 4 is 16.9 Å². The summed E-state index contributed by atoms with van der Waals surface area (Å²) in [7, 11) is 0. The van der Waals surface area contributed by atoms with Crippen molar-refractivity contribution in [3.8, 4) is 11.5 Å². The maximum atomic E-state index is 12.6. The van der Waals surface area contributed by atoms with E-state index in [2.05, 4.69) is 10.3 Å². The lowest BCUT2D eigenvalue weighted by Gasteiger charge is -2.18. The van der Waals surface area contributed by atoms with Gasteiger partial charge in [-0.3, -0.25) is 4.79 Å². The predicted octanol–water partition coefficient (Wildman–Crippen LogP) is 2.99. The van der Waals surface area contributed by atoms with Gasteiger partial charge in [-0.2, -0.15) is 0 Å². The number of carbonyl (C=O) groups is 1. The van der Waals surface area contributed by atoms with Crippen LogP contribution in [0.5, 0.6) is 11.5 Å². The second-order valence-corrected chi connectivity index (χ2v) is 6.43. The second-order valence-electron chi connectivity index (χ2n) is 6.43. The number of fused-ring (bicyclic) bond motifs is 2. The Morgan fingerprint density at radius 3 is 2.62 bits per heavy atom. The zero-order chi connectivity index (χ0) is 18.1. The van der Waals surface area contributed by atoms with E-state index in [0.717, 1.165) is 22.4 Å². The molecule has 2 aromatic carbocycles. The zero-order valence-electron chi connectivity index (χ0n) is 14.9. The molecule has 134 valence electrons. The maximum absolute atomic E-state index is 12.6. The van der Waals surface area contributed by atoms with Crippen molar-refractivity contribution < 1.29 is 14.3 Å². The highest BCUT2D eigenvalue weighted by atomic mass is 16.6. The number of ether oxygens (including phenoxy) is 2. The van der Waals surface area contributed by atoms with Crippen LogP contribution < -0.4 is 14.8 Å². The third kappa shape index (κ3) is 3.10. The molecule has 0 unspecified atom stereocenters. The van der Waals surface area contributed by atoms with Gasteiger partial charge in [-0.05, 0) is 19.4 Å².